The molecule has 0 saturated heterocycles. The van der Waals surface area contributed by atoms with Crippen LogP contribution in [0.15, 0.2) is 30.3 Å². The molecule has 2 aromatic rings. The molecule has 1 amide bonds. The van der Waals surface area contributed by atoms with E-state index in [0.717, 1.165) is 33.6 Å². The van der Waals surface area contributed by atoms with Crippen LogP contribution in [-0.4, -0.2) is 17.6 Å². The second kappa shape index (κ2) is 8.12. The van der Waals surface area contributed by atoms with Gasteiger partial charge in [-0.15, -0.1) is 0 Å². The quantitative estimate of drug-likeness (QED) is 0.721. The first-order valence-corrected chi connectivity index (χ1v) is 8.66. The van der Waals surface area contributed by atoms with Crippen molar-refractivity contribution in [1.29, 1.82) is 0 Å². The maximum Gasteiger partial charge on any atom is 0.243 e. The van der Waals surface area contributed by atoms with Crippen LogP contribution in [0.2, 0.25) is 0 Å². The van der Waals surface area contributed by atoms with Crippen molar-refractivity contribution in [2.24, 2.45) is 0 Å². The lowest BCUT2D eigenvalue weighted by atomic mass is 10.1. The number of anilines is 2. The van der Waals surface area contributed by atoms with Gasteiger partial charge in [-0.05, 0) is 81.2 Å². The molecule has 0 unspecified atom stereocenters. The van der Waals surface area contributed by atoms with E-state index in [1.807, 2.05) is 46.8 Å². The van der Waals surface area contributed by atoms with Gasteiger partial charge in [0.1, 0.15) is 0 Å². The fraction of sp³-hybridized carbons (Fsp3) is 0.300. The molecule has 2 rings (SSSR count). The molecule has 0 aliphatic rings. The second-order valence-corrected chi connectivity index (χ2v) is 6.91. The third kappa shape index (κ3) is 5.57. The lowest BCUT2D eigenvalue weighted by Crippen LogP contribution is -2.35. The van der Waals surface area contributed by atoms with Gasteiger partial charge in [0.05, 0.1) is 6.54 Å². The number of hydrogen-bond acceptors (Lipinski definition) is 2. The monoisotopic (exact) mass is 355 g/mol. The lowest BCUT2D eigenvalue weighted by molar-refractivity contribution is -0.115. The van der Waals surface area contributed by atoms with Gasteiger partial charge in [-0.25, -0.2) is 0 Å². The summed E-state index contributed by atoms with van der Waals surface area (Å²) >= 11 is 5.27. The van der Waals surface area contributed by atoms with E-state index in [1.165, 1.54) is 5.56 Å². The van der Waals surface area contributed by atoms with Gasteiger partial charge in [-0.2, -0.15) is 0 Å². The molecule has 132 valence electrons. The molecule has 4 nitrogen and oxygen atoms in total. The van der Waals surface area contributed by atoms with Gasteiger partial charge in [0, 0.05) is 11.4 Å². The minimum Gasteiger partial charge on any atom is -0.353 e. The second-order valence-electron chi connectivity index (χ2n) is 6.51. The molecule has 0 spiro atoms. The molecule has 0 radical (unpaired) electrons. The van der Waals surface area contributed by atoms with Gasteiger partial charge >= 0.3 is 0 Å². The highest BCUT2D eigenvalue weighted by Gasteiger charge is 2.09. The number of rotatable bonds is 4. The number of amides is 1. The molecule has 3 N–H and O–H groups in total. The van der Waals surface area contributed by atoms with E-state index in [4.69, 9.17) is 12.2 Å². The van der Waals surface area contributed by atoms with Crippen LogP contribution in [0.1, 0.15) is 27.8 Å². The smallest absolute Gasteiger partial charge is 0.243 e. The van der Waals surface area contributed by atoms with Gasteiger partial charge in [-0.3, -0.25) is 4.79 Å². The Labute approximate surface area is 155 Å². The van der Waals surface area contributed by atoms with Crippen molar-refractivity contribution >= 4 is 34.6 Å². The third-order valence-corrected chi connectivity index (χ3v) is 4.08. The zero-order chi connectivity index (χ0) is 18.6. The highest BCUT2D eigenvalue weighted by Crippen LogP contribution is 2.21. The summed E-state index contributed by atoms with van der Waals surface area (Å²) < 4.78 is 0. The number of hydrogen-bond donors (Lipinski definition) is 3. The molecular formula is C20H25N3OS. The predicted octanol–water partition coefficient (Wildman–Crippen LogP) is 4.15. The zero-order valence-corrected chi connectivity index (χ0v) is 16.2. The number of carbonyl (C=O) groups excluding carboxylic acids is 1. The molecule has 0 aliphatic heterocycles. The largest absolute Gasteiger partial charge is 0.353 e. The zero-order valence-electron chi connectivity index (χ0n) is 15.4. The van der Waals surface area contributed by atoms with Crippen molar-refractivity contribution in [3.63, 3.8) is 0 Å². The minimum absolute atomic E-state index is 0.114. The highest BCUT2D eigenvalue weighted by molar-refractivity contribution is 7.80. The molecule has 25 heavy (non-hydrogen) atoms. The van der Waals surface area contributed by atoms with E-state index in [9.17, 15) is 4.79 Å². The van der Waals surface area contributed by atoms with Crippen LogP contribution in [0, 0.1) is 34.6 Å². The van der Waals surface area contributed by atoms with Gasteiger partial charge in [-0.1, -0.05) is 23.8 Å². The Morgan fingerprint density at radius 2 is 1.36 bits per heavy atom. The van der Waals surface area contributed by atoms with Gasteiger partial charge in [0.2, 0.25) is 5.91 Å². The first-order valence-electron chi connectivity index (χ1n) is 8.25. The van der Waals surface area contributed by atoms with E-state index in [0.29, 0.717) is 5.11 Å². The first-order chi connectivity index (χ1) is 11.7. The molecule has 0 heterocycles. The molecule has 0 bridgehead atoms. The summed E-state index contributed by atoms with van der Waals surface area (Å²) in [6.45, 7) is 10.2. The van der Waals surface area contributed by atoms with Crippen molar-refractivity contribution in [2.75, 3.05) is 17.2 Å². The molecule has 0 atom stereocenters. The average molecular weight is 356 g/mol. The average Bonchev–Trinajstić information content (AvgIpc) is 2.47. The maximum atomic E-state index is 12.2. The predicted molar refractivity (Wildman–Crippen MR) is 109 cm³/mol. The van der Waals surface area contributed by atoms with E-state index in [-0.39, 0.29) is 12.5 Å². The standard InChI is InChI=1S/C20H25N3OS/c1-12-6-13(2)10-17(9-12)22-20(25)21-11-18(24)23-19-15(4)7-14(3)8-16(19)5/h6-10H,11H2,1-5H3,(H,23,24)(H2,21,22,25). The molecule has 5 heteroatoms. The van der Waals surface area contributed by atoms with Crippen LogP contribution >= 0.6 is 12.2 Å². The summed E-state index contributed by atoms with van der Waals surface area (Å²) in [6.07, 6.45) is 0. The topological polar surface area (TPSA) is 53.2 Å². The van der Waals surface area contributed by atoms with Gasteiger partial charge in [0.15, 0.2) is 5.11 Å². The van der Waals surface area contributed by atoms with Crippen molar-refractivity contribution in [2.45, 2.75) is 34.6 Å². The number of thiocarbonyl (C=S) groups is 1. The van der Waals surface area contributed by atoms with Crippen molar-refractivity contribution in [3.8, 4) is 0 Å². The number of benzene rings is 2. The third-order valence-electron chi connectivity index (χ3n) is 3.83. The van der Waals surface area contributed by atoms with Gasteiger partial charge < -0.3 is 16.0 Å². The Bertz CT molecular complexity index is 771. The highest BCUT2D eigenvalue weighted by atomic mass is 32.1. The maximum absolute atomic E-state index is 12.2. The van der Waals surface area contributed by atoms with Crippen molar-refractivity contribution < 1.29 is 4.79 Å². The Morgan fingerprint density at radius 1 is 0.840 bits per heavy atom. The van der Waals surface area contributed by atoms with Crippen LogP contribution in [-0.2, 0) is 4.79 Å². The molecule has 0 aromatic heterocycles. The molecular weight excluding hydrogens is 330 g/mol. The van der Waals surface area contributed by atoms with Crippen LogP contribution < -0.4 is 16.0 Å². The first kappa shape index (κ1) is 18.9. The fourth-order valence-corrected chi connectivity index (χ4v) is 3.13. The van der Waals surface area contributed by atoms with Crippen LogP contribution in [0.4, 0.5) is 11.4 Å². The van der Waals surface area contributed by atoms with Crippen molar-refractivity contribution in [1.82, 2.24) is 5.32 Å². The summed E-state index contributed by atoms with van der Waals surface area (Å²) in [5.41, 5.74) is 7.40. The van der Waals surface area contributed by atoms with E-state index in [1.54, 1.807) is 0 Å². The number of aryl methyl sites for hydroxylation is 5. The van der Waals surface area contributed by atoms with Crippen LogP contribution in [0.5, 0.6) is 0 Å². The Balaban J connectivity index is 1.90. The summed E-state index contributed by atoms with van der Waals surface area (Å²) in [4.78, 5) is 12.2. The normalized spacial score (nSPS) is 10.3. The van der Waals surface area contributed by atoms with E-state index >= 15 is 0 Å². The van der Waals surface area contributed by atoms with Crippen molar-refractivity contribution in [3.05, 3.63) is 58.1 Å². The number of carbonyl (C=O) groups is 1. The fourth-order valence-electron chi connectivity index (χ4n) is 2.94. The van der Waals surface area contributed by atoms with E-state index in [2.05, 4.69) is 34.1 Å². The lowest BCUT2D eigenvalue weighted by Gasteiger charge is -2.14. The summed E-state index contributed by atoms with van der Waals surface area (Å²) in [7, 11) is 0. The summed E-state index contributed by atoms with van der Waals surface area (Å²) in [5, 5.41) is 9.44. The Hall–Kier alpha value is -2.40. The summed E-state index contributed by atoms with van der Waals surface area (Å²) in [5.74, 6) is -0.125. The summed E-state index contributed by atoms with van der Waals surface area (Å²) in [6, 6.07) is 10.2. The molecule has 0 aliphatic carbocycles. The Morgan fingerprint density at radius 3 is 1.92 bits per heavy atom. The van der Waals surface area contributed by atoms with Gasteiger partial charge in [0.25, 0.3) is 0 Å². The molecule has 0 saturated carbocycles. The SMILES string of the molecule is Cc1cc(C)cc(NC(=S)NCC(=O)Nc2c(C)cc(C)cc2C)c1. The molecule has 0 fully saturated rings. The van der Waals surface area contributed by atoms with E-state index < -0.39 is 0 Å². The minimum atomic E-state index is -0.125. The number of nitrogens with one attached hydrogen (secondary N) is 3. The van der Waals surface area contributed by atoms with Crippen LogP contribution in [0.25, 0.3) is 0 Å². The van der Waals surface area contributed by atoms with Crippen LogP contribution in [0.3, 0.4) is 0 Å². The Kier molecular flexibility index (Phi) is 6.15. The molecule has 2 aromatic carbocycles.